The van der Waals surface area contributed by atoms with Gasteiger partial charge in [-0.15, -0.1) is 0 Å². The molecule has 1 rings (SSSR count). The molecule has 4 heteroatoms. The first kappa shape index (κ1) is 17.5. The number of guanidine groups is 1. The van der Waals surface area contributed by atoms with E-state index in [1.807, 2.05) is 0 Å². The lowest BCUT2D eigenvalue weighted by Crippen LogP contribution is -2.38. The number of ether oxygens (including phenoxy) is 1. The van der Waals surface area contributed by atoms with E-state index in [9.17, 15) is 0 Å². The summed E-state index contributed by atoms with van der Waals surface area (Å²) in [5.74, 6) is 1.51. The predicted octanol–water partition coefficient (Wildman–Crippen LogP) is 2.72. The molecule has 0 aromatic heterocycles. The average molecular weight is 291 g/mol. The van der Waals surface area contributed by atoms with Gasteiger partial charge in [-0.1, -0.05) is 43.7 Å². The molecule has 0 fully saturated rings. The van der Waals surface area contributed by atoms with Gasteiger partial charge in [0.2, 0.25) is 0 Å². The van der Waals surface area contributed by atoms with Crippen LogP contribution in [-0.2, 0) is 11.3 Å². The molecule has 0 unspecified atom stereocenters. The second kappa shape index (κ2) is 10.2. The van der Waals surface area contributed by atoms with Crippen LogP contribution < -0.4 is 10.6 Å². The monoisotopic (exact) mass is 291 g/mol. The van der Waals surface area contributed by atoms with Crippen molar-refractivity contribution in [3.8, 4) is 0 Å². The third-order valence-electron chi connectivity index (χ3n) is 3.14. The molecule has 21 heavy (non-hydrogen) atoms. The Kier molecular flexibility index (Phi) is 8.51. The van der Waals surface area contributed by atoms with Crippen molar-refractivity contribution in [2.45, 2.75) is 33.7 Å². The molecule has 118 valence electrons. The van der Waals surface area contributed by atoms with Gasteiger partial charge in [0.05, 0.1) is 6.61 Å². The third-order valence-corrected chi connectivity index (χ3v) is 3.14. The number of aliphatic imine (C=N–C) groups is 1. The molecule has 0 aliphatic carbocycles. The van der Waals surface area contributed by atoms with E-state index < -0.39 is 0 Å². The minimum absolute atomic E-state index is 0.696. The minimum atomic E-state index is 0.696. The van der Waals surface area contributed by atoms with Crippen molar-refractivity contribution in [3.63, 3.8) is 0 Å². The lowest BCUT2D eigenvalue weighted by molar-refractivity contribution is 0.128. The Hall–Kier alpha value is -1.55. The summed E-state index contributed by atoms with van der Waals surface area (Å²) in [5, 5.41) is 6.56. The van der Waals surface area contributed by atoms with Crippen molar-refractivity contribution in [2.75, 3.05) is 26.8 Å². The molecule has 1 aromatic carbocycles. The Bertz CT molecular complexity index is 430. The maximum atomic E-state index is 5.57. The van der Waals surface area contributed by atoms with Crippen LogP contribution in [-0.4, -0.2) is 32.8 Å². The van der Waals surface area contributed by atoms with Gasteiger partial charge in [-0.2, -0.15) is 0 Å². The lowest BCUT2D eigenvalue weighted by Gasteiger charge is -2.12. The van der Waals surface area contributed by atoms with Crippen LogP contribution in [0.1, 0.15) is 31.4 Å². The standard InChI is InChI=1S/C17H29N3O/c1-14(2)8-10-21-11-9-19-17(18-4)20-13-16-7-5-6-15(3)12-16/h5-7,12,14H,8-11,13H2,1-4H3,(H2,18,19,20). The van der Waals surface area contributed by atoms with Crippen LogP contribution >= 0.6 is 0 Å². The maximum Gasteiger partial charge on any atom is 0.191 e. The molecular formula is C17H29N3O. The van der Waals surface area contributed by atoms with Crippen molar-refractivity contribution in [3.05, 3.63) is 35.4 Å². The van der Waals surface area contributed by atoms with Gasteiger partial charge in [0.15, 0.2) is 5.96 Å². The highest BCUT2D eigenvalue weighted by Crippen LogP contribution is 2.03. The zero-order chi connectivity index (χ0) is 15.5. The minimum Gasteiger partial charge on any atom is -0.380 e. The SMILES string of the molecule is CN=C(NCCOCCC(C)C)NCc1cccc(C)c1. The first-order valence-electron chi connectivity index (χ1n) is 7.69. The van der Waals surface area contributed by atoms with Crippen LogP contribution in [0.2, 0.25) is 0 Å². The van der Waals surface area contributed by atoms with E-state index >= 15 is 0 Å². The van der Waals surface area contributed by atoms with Crippen LogP contribution in [0, 0.1) is 12.8 Å². The maximum absolute atomic E-state index is 5.57. The highest BCUT2D eigenvalue weighted by Gasteiger charge is 1.99. The second-order valence-corrected chi connectivity index (χ2v) is 5.64. The largest absolute Gasteiger partial charge is 0.380 e. The van der Waals surface area contributed by atoms with Crippen molar-refractivity contribution < 1.29 is 4.74 Å². The van der Waals surface area contributed by atoms with E-state index in [0.717, 1.165) is 32.1 Å². The van der Waals surface area contributed by atoms with E-state index in [1.165, 1.54) is 11.1 Å². The van der Waals surface area contributed by atoms with Crippen molar-refractivity contribution in [2.24, 2.45) is 10.9 Å². The van der Waals surface area contributed by atoms with E-state index in [2.05, 4.69) is 60.7 Å². The van der Waals surface area contributed by atoms with E-state index in [1.54, 1.807) is 7.05 Å². The van der Waals surface area contributed by atoms with Crippen molar-refractivity contribution in [1.29, 1.82) is 0 Å². The number of nitrogens with zero attached hydrogens (tertiary/aromatic N) is 1. The summed E-state index contributed by atoms with van der Waals surface area (Å²) in [5.41, 5.74) is 2.53. The van der Waals surface area contributed by atoms with Gasteiger partial charge in [0.25, 0.3) is 0 Å². The average Bonchev–Trinajstić information content (AvgIpc) is 2.45. The Morgan fingerprint density at radius 3 is 2.71 bits per heavy atom. The molecule has 0 amide bonds. The number of hydrogen-bond donors (Lipinski definition) is 2. The van der Waals surface area contributed by atoms with E-state index in [-0.39, 0.29) is 0 Å². The summed E-state index contributed by atoms with van der Waals surface area (Å²) >= 11 is 0. The van der Waals surface area contributed by atoms with Crippen LogP contribution in [0.4, 0.5) is 0 Å². The molecule has 0 saturated heterocycles. The topological polar surface area (TPSA) is 45.7 Å². The fourth-order valence-corrected chi connectivity index (χ4v) is 1.89. The Balaban J connectivity index is 2.18. The molecule has 0 spiro atoms. The van der Waals surface area contributed by atoms with Gasteiger partial charge in [-0.05, 0) is 24.8 Å². The van der Waals surface area contributed by atoms with E-state index in [4.69, 9.17) is 4.74 Å². The number of nitrogens with one attached hydrogen (secondary N) is 2. The Morgan fingerprint density at radius 1 is 1.24 bits per heavy atom. The molecule has 0 aliphatic rings. The predicted molar refractivity (Wildman–Crippen MR) is 89.7 cm³/mol. The molecule has 4 nitrogen and oxygen atoms in total. The van der Waals surface area contributed by atoms with Crippen molar-refractivity contribution >= 4 is 5.96 Å². The number of benzene rings is 1. The van der Waals surface area contributed by atoms with Gasteiger partial charge in [0, 0.05) is 26.7 Å². The molecule has 0 aliphatic heterocycles. The molecule has 2 N–H and O–H groups in total. The van der Waals surface area contributed by atoms with Gasteiger partial charge in [-0.3, -0.25) is 4.99 Å². The number of hydrogen-bond acceptors (Lipinski definition) is 2. The van der Waals surface area contributed by atoms with Crippen LogP contribution in [0.5, 0.6) is 0 Å². The highest BCUT2D eigenvalue weighted by atomic mass is 16.5. The fraction of sp³-hybridized carbons (Fsp3) is 0.588. The first-order chi connectivity index (χ1) is 10.1. The number of aryl methyl sites for hydroxylation is 1. The Labute approximate surface area is 129 Å². The van der Waals surface area contributed by atoms with E-state index in [0.29, 0.717) is 12.5 Å². The van der Waals surface area contributed by atoms with Crippen LogP contribution in [0.3, 0.4) is 0 Å². The molecule has 0 saturated carbocycles. The molecule has 0 radical (unpaired) electrons. The zero-order valence-corrected chi connectivity index (χ0v) is 13.8. The van der Waals surface area contributed by atoms with Crippen LogP contribution in [0.25, 0.3) is 0 Å². The first-order valence-corrected chi connectivity index (χ1v) is 7.69. The van der Waals surface area contributed by atoms with Gasteiger partial charge in [-0.25, -0.2) is 0 Å². The van der Waals surface area contributed by atoms with Crippen LogP contribution in [0.15, 0.2) is 29.3 Å². The highest BCUT2D eigenvalue weighted by molar-refractivity contribution is 5.79. The lowest BCUT2D eigenvalue weighted by atomic mass is 10.1. The summed E-state index contributed by atoms with van der Waals surface area (Å²) in [6.45, 7) is 9.59. The molecule has 0 heterocycles. The third kappa shape index (κ3) is 8.35. The summed E-state index contributed by atoms with van der Waals surface area (Å²) in [6.07, 6.45) is 1.11. The summed E-state index contributed by atoms with van der Waals surface area (Å²) in [7, 11) is 1.78. The van der Waals surface area contributed by atoms with Gasteiger partial charge in [0.1, 0.15) is 0 Å². The van der Waals surface area contributed by atoms with Gasteiger partial charge < -0.3 is 15.4 Å². The summed E-state index contributed by atoms with van der Waals surface area (Å²) in [6, 6.07) is 8.47. The quantitative estimate of drug-likeness (QED) is 0.440. The normalized spacial score (nSPS) is 11.8. The fourth-order valence-electron chi connectivity index (χ4n) is 1.89. The second-order valence-electron chi connectivity index (χ2n) is 5.64. The summed E-state index contributed by atoms with van der Waals surface area (Å²) in [4.78, 5) is 4.21. The smallest absolute Gasteiger partial charge is 0.191 e. The zero-order valence-electron chi connectivity index (χ0n) is 13.8. The molecule has 0 bridgehead atoms. The van der Waals surface area contributed by atoms with Gasteiger partial charge >= 0.3 is 0 Å². The van der Waals surface area contributed by atoms with Crippen molar-refractivity contribution in [1.82, 2.24) is 10.6 Å². The summed E-state index contributed by atoms with van der Waals surface area (Å²) < 4.78 is 5.57. The number of rotatable bonds is 8. The Morgan fingerprint density at radius 2 is 2.05 bits per heavy atom. The molecular weight excluding hydrogens is 262 g/mol. The molecule has 0 atom stereocenters. The molecule has 1 aromatic rings.